The third-order valence-electron chi connectivity index (χ3n) is 1.33. The third kappa shape index (κ3) is 2.21. The molecule has 0 unspecified atom stereocenters. The van der Waals surface area contributed by atoms with Crippen LogP contribution in [-0.2, 0) is 17.5 Å². The summed E-state index contributed by atoms with van der Waals surface area (Å²) in [7, 11) is 0. The van der Waals surface area contributed by atoms with Crippen LogP contribution in [0.25, 0.3) is 0 Å². The minimum absolute atomic E-state index is 0.311. The smallest absolute Gasteiger partial charge is 0.368 e. The highest BCUT2D eigenvalue weighted by atomic mass is 19.4. The lowest BCUT2D eigenvalue weighted by atomic mass is 10.4. The Morgan fingerprint density at radius 1 is 1.57 bits per heavy atom. The molecule has 0 saturated carbocycles. The van der Waals surface area contributed by atoms with Crippen LogP contribution >= 0.6 is 0 Å². The molecule has 1 aromatic rings. The van der Waals surface area contributed by atoms with E-state index in [9.17, 15) is 18.0 Å². The average molecular weight is 208 g/mol. The maximum absolute atomic E-state index is 12.0. The number of nitrogen functional groups attached to an aromatic ring is 1. The van der Waals surface area contributed by atoms with Crippen molar-refractivity contribution in [2.24, 2.45) is 0 Å². The molecule has 1 aromatic heterocycles. The maximum Gasteiger partial charge on any atom is 0.453 e. The van der Waals surface area contributed by atoms with Crippen molar-refractivity contribution in [2.45, 2.75) is 19.6 Å². The lowest BCUT2D eigenvalue weighted by Gasteiger charge is -1.98. The molecule has 78 valence electrons. The third-order valence-corrected chi connectivity index (χ3v) is 1.33. The Bertz CT molecular complexity index is 356. The summed E-state index contributed by atoms with van der Waals surface area (Å²) in [5.41, 5.74) is 5.12. The predicted octanol–water partition coefficient (Wildman–Crippen LogP) is 0.468. The number of ketones is 1. The molecule has 5 nitrogen and oxygen atoms in total. The van der Waals surface area contributed by atoms with Crippen molar-refractivity contribution >= 4 is 11.7 Å². The number of hydrogen-bond acceptors (Lipinski definition) is 4. The maximum atomic E-state index is 12.0. The molecule has 2 N–H and O–H groups in total. The van der Waals surface area contributed by atoms with E-state index < -0.39 is 17.9 Å². The molecular weight excluding hydrogens is 201 g/mol. The van der Waals surface area contributed by atoms with E-state index in [1.807, 2.05) is 0 Å². The number of anilines is 1. The van der Waals surface area contributed by atoms with Gasteiger partial charge in [0.05, 0.1) is 0 Å². The summed E-state index contributed by atoms with van der Waals surface area (Å²) in [5, 5.41) is 3.06. The zero-order chi connectivity index (χ0) is 10.9. The van der Waals surface area contributed by atoms with Crippen molar-refractivity contribution in [1.82, 2.24) is 14.8 Å². The number of halogens is 3. The summed E-state index contributed by atoms with van der Waals surface area (Å²) in [6, 6.07) is 0. The molecule has 0 aliphatic heterocycles. The first kappa shape index (κ1) is 10.5. The van der Waals surface area contributed by atoms with E-state index in [1.165, 1.54) is 6.92 Å². The fourth-order valence-electron chi connectivity index (χ4n) is 0.801. The van der Waals surface area contributed by atoms with Gasteiger partial charge in [-0.3, -0.25) is 4.79 Å². The lowest BCUT2D eigenvalue weighted by molar-refractivity contribution is -0.145. The molecule has 0 radical (unpaired) electrons. The number of nitrogens with two attached hydrogens (primary N) is 1. The van der Waals surface area contributed by atoms with E-state index >= 15 is 0 Å². The molecule has 0 aliphatic rings. The molecule has 0 bridgehead atoms. The van der Waals surface area contributed by atoms with Gasteiger partial charge in [0.15, 0.2) is 5.78 Å². The molecule has 8 heteroatoms. The largest absolute Gasteiger partial charge is 0.453 e. The average Bonchev–Trinajstić information content (AvgIpc) is 2.30. The summed E-state index contributed by atoms with van der Waals surface area (Å²) in [4.78, 5) is 13.6. The van der Waals surface area contributed by atoms with Crippen molar-refractivity contribution in [3.63, 3.8) is 0 Å². The Balaban J connectivity index is 2.99. The Labute approximate surface area is 76.7 Å². The van der Waals surface area contributed by atoms with Crippen molar-refractivity contribution in [3.8, 4) is 0 Å². The Morgan fingerprint density at radius 3 is 2.50 bits per heavy atom. The van der Waals surface area contributed by atoms with Crippen LogP contribution in [0.15, 0.2) is 0 Å². The quantitative estimate of drug-likeness (QED) is 0.766. The molecule has 0 aromatic carbocycles. The van der Waals surface area contributed by atoms with Gasteiger partial charge in [0.25, 0.3) is 5.82 Å². The number of Topliss-reactive ketones (excluding diaryl/α,β-unsaturated/α-hetero) is 1. The van der Waals surface area contributed by atoms with Crippen molar-refractivity contribution < 1.29 is 18.0 Å². The van der Waals surface area contributed by atoms with Crippen LogP contribution in [-0.4, -0.2) is 20.5 Å². The van der Waals surface area contributed by atoms with Crippen LogP contribution in [0.1, 0.15) is 12.7 Å². The monoisotopic (exact) mass is 208 g/mol. The summed E-state index contributed by atoms with van der Waals surface area (Å²) in [5.74, 6) is -2.11. The SMILES string of the molecule is CC(=O)Cn1nc(C(F)(F)F)nc1N. The van der Waals surface area contributed by atoms with Gasteiger partial charge in [-0.05, 0) is 6.92 Å². The first-order chi connectivity index (χ1) is 6.30. The van der Waals surface area contributed by atoms with Gasteiger partial charge in [-0.25, -0.2) is 4.68 Å². The Hall–Kier alpha value is -1.60. The number of carbonyl (C=O) groups excluding carboxylic acids is 1. The van der Waals surface area contributed by atoms with E-state index in [0.717, 1.165) is 0 Å². The van der Waals surface area contributed by atoms with Crippen LogP contribution in [0.2, 0.25) is 0 Å². The summed E-state index contributed by atoms with van der Waals surface area (Å²) < 4.78 is 36.8. The standard InChI is InChI=1S/C6H7F3N4O/c1-3(14)2-13-5(10)11-4(12-13)6(7,8)9/h2H2,1H3,(H2,10,11,12). The Kier molecular flexibility index (Phi) is 2.45. The normalized spacial score (nSPS) is 11.7. The molecule has 0 aliphatic carbocycles. The van der Waals surface area contributed by atoms with Gasteiger partial charge in [0.2, 0.25) is 5.95 Å². The molecule has 0 spiro atoms. The number of alkyl halides is 3. The Morgan fingerprint density at radius 2 is 2.14 bits per heavy atom. The first-order valence-electron chi connectivity index (χ1n) is 3.57. The van der Waals surface area contributed by atoms with E-state index in [0.29, 0.717) is 4.68 Å². The van der Waals surface area contributed by atoms with Crippen LogP contribution in [0.5, 0.6) is 0 Å². The fourth-order valence-corrected chi connectivity index (χ4v) is 0.801. The van der Waals surface area contributed by atoms with Gasteiger partial charge >= 0.3 is 6.18 Å². The predicted molar refractivity (Wildman–Crippen MR) is 40.1 cm³/mol. The topological polar surface area (TPSA) is 73.8 Å². The number of hydrogen-bond donors (Lipinski definition) is 1. The van der Waals surface area contributed by atoms with E-state index in [4.69, 9.17) is 5.73 Å². The first-order valence-corrected chi connectivity index (χ1v) is 3.57. The van der Waals surface area contributed by atoms with E-state index in [1.54, 1.807) is 0 Å². The van der Waals surface area contributed by atoms with E-state index in [2.05, 4.69) is 10.1 Å². The highest BCUT2D eigenvalue weighted by molar-refractivity contribution is 5.75. The number of carbonyl (C=O) groups is 1. The molecule has 1 heterocycles. The van der Waals surface area contributed by atoms with Gasteiger partial charge in [-0.15, -0.1) is 5.10 Å². The second-order valence-electron chi connectivity index (χ2n) is 2.65. The van der Waals surface area contributed by atoms with Gasteiger partial charge in [-0.1, -0.05) is 0 Å². The molecule has 1 rings (SSSR count). The summed E-state index contributed by atoms with van der Waals surface area (Å²) in [6.45, 7) is 0.906. The van der Waals surface area contributed by atoms with E-state index in [-0.39, 0.29) is 12.3 Å². The number of aromatic nitrogens is 3. The fraction of sp³-hybridized carbons (Fsp3) is 0.500. The molecule has 0 saturated heterocycles. The van der Waals surface area contributed by atoms with Gasteiger partial charge in [0, 0.05) is 0 Å². The van der Waals surface area contributed by atoms with Crippen LogP contribution in [0.3, 0.4) is 0 Å². The summed E-state index contributed by atoms with van der Waals surface area (Å²) >= 11 is 0. The zero-order valence-electron chi connectivity index (χ0n) is 7.17. The summed E-state index contributed by atoms with van der Waals surface area (Å²) in [6.07, 6.45) is -4.64. The van der Waals surface area contributed by atoms with Gasteiger partial charge in [0.1, 0.15) is 6.54 Å². The van der Waals surface area contributed by atoms with Crippen molar-refractivity contribution in [2.75, 3.05) is 5.73 Å². The van der Waals surface area contributed by atoms with Crippen LogP contribution < -0.4 is 5.73 Å². The zero-order valence-corrected chi connectivity index (χ0v) is 7.17. The van der Waals surface area contributed by atoms with Crippen molar-refractivity contribution in [1.29, 1.82) is 0 Å². The highest BCUT2D eigenvalue weighted by Crippen LogP contribution is 2.26. The number of nitrogens with zero attached hydrogens (tertiary/aromatic N) is 3. The lowest BCUT2D eigenvalue weighted by Crippen LogP contribution is -2.12. The number of rotatable bonds is 2. The highest BCUT2D eigenvalue weighted by Gasteiger charge is 2.36. The molecule has 14 heavy (non-hydrogen) atoms. The van der Waals surface area contributed by atoms with Crippen LogP contribution in [0.4, 0.5) is 19.1 Å². The minimum Gasteiger partial charge on any atom is -0.368 e. The minimum atomic E-state index is -4.64. The molecular formula is C6H7F3N4O. The van der Waals surface area contributed by atoms with Crippen LogP contribution in [0, 0.1) is 0 Å². The van der Waals surface area contributed by atoms with Crippen molar-refractivity contribution in [3.05, 3.63) is 5.82 Å². The molecule has 0 atom stereocenters. The van der Waals surface area contributed by atoms with Gasteiger partial charge < -0.3 is 5.73 Å². The molecule has 0 fully saturated rings. The second kappa shape index (κ2) is 3.28. The second-order valence-corrected chi connectivity index (χ2v) is 2.65. The molecule has 0 amide bonds. The van der Waals surface area contributed by atoms with Gasteiger partial charge in [-0.2, -0.15) is 18.2 Å².